The van der Waals surface area contributed by atoms with E-state index in [0.29, 0.717) is 35.9 Å². The fourth-order valence-electron chi connectivity index (χ4n) is 1.22. The molecule has 0 atom stereocenters. The van der Waals surface area contributed by atoms with Gasteiger partial charge in [-0.3, -0.25) is 4.79 Å². The number of rotatable bonds is 5. The van der Waals surface area contributed by atoms with Crippen molar-refractivity contribution in [2.24, 2.45) is 0 Å². The van der Waals surface area contributed by atoms with Crippen LogP contribution in [-0.2, 0) is 9.53 Å². The first-order chi connectivity index (χ1) is 8.17. The Morgan fingerprint density at radius 2 is 2.35 bits per heavy atom. The van der Waals surface area contributed by atoms with Crippen LogP contribution >= 0.6 is 11.6 Å². The zero-order valence-electron chi connectivity index (χ0n) is 9.50. The van der Waals surface area contributed by atoms with Gasteiger partial charge >= 0.3 is 0 Å². The normalized spacial score (nSPS) is 9.71. The molecule has 17 heavy (non-hydrogen) atoms. The molecule has 4 nitrogen and oxygen atoms in total. The van der Waals surface area contributed by atoms with Crippen LogP contribution in [0.2, 0.25) is 5.02 Å². The number of nitrogens with one attached hydrogen (secondary N) is 1. The number of carbonyl (C=O) groups is 1. The van der Waals surface area contributed by atoms with Crippen LogP contribution in [0.1, 0.15) is 18.9 Å². The number of ether oxygens (including phenoxy) is 1. The molecule has 0 fully saturated rings. The largest absolute Gasteiger partial charge is 0.381 e. The first kappa shape index (κ1) is 13.5. The summed E-state index contributed by atoms with van der Waals surface area (Å²) >= 11 is 5.84. The number of hydrogen-bond donors (Lipinski definition) is 1. The first-order valence-electron chi connectivity index (χ1n) is 5.24. The number of halogens is 1. The summed E-state index contributed by atoms with van der Waals surface area (Å²) in [5.41, 5.74) is 0.967. The van der Waals surface area contributed by atoms with E-state index in [9.17, 15) is 4.79 Å². The number of nitriles is 1. The molecule has 0 aliphatic carbocycles. The third-order valence-corrected chi connectivity index (χ3v) is 2.36. The van der Waals surface area contributed by atoms with Gasteiger partial charge in [-0.1, -0.05) is 11.6 Å². The highest BCUT2D eigenvalue weighted by Gasteiger charge is 2.05. The summed E-state index contributed by atoms with van der Waals surface area (Å²) in [4.78, 5) is 11.5. The summed E-state index contributed by atoms with van der Waals surface area (Å²) in [6.45, 7) is 2.86. The van der Waals surface area contributed by atoms with Gasteiger partial charge in [0.15, 0.2) is 0 Å². The Hall–Kier alpha value is -1.57. The van der Waals surface area contributed by atoms with Crippen molar-refractivity contribution >= 4 is 23.2 Å². The summed E-state index contributed by atoms with van der Waals surface area (Å²) in [5, 5.41) is 11.7. The summed E-state index contributed by atoms with van der Waals surface area (Å²) in [5.74, 6) is -0.140. The van der Waals surface area contributed by atoms with Crippen LogP contribution in [-0.4, -0.2) is 19.1 Å². The number of nitrogens with zero attached hydrogens (tertiary/aromatic N) is 1. The SMILES string of the molecule is CCOCCC(=O)Nc1ccc(C#N)c(Cl)c1. The van der Waals surface area contributed by atoms with E-state index in [-0.39, 0.29) is 5.91 Å². The molecule has 0 spiro atoms. The van der Waals surface area contributed by atoms with Crippen molar-refractivity contribution in [3.8, 4) is 6.07 Å². The van der Waals surface area contributed by atoms with E-state index in [4.69, 9.17) is 21.6 Å². The fourth-order valence-corrected chi connectivity index (χ4v) is 1.44. The van der Waals surface area contributed by atoms with E-state index in [1.165, 1.54) is 0 Å². The average molecular weight is 253 g/mol. The fraction of sp³-hybridized carbons (Fsp3) is 0.333. The van der Waals surface area contributed by atoms with Gasteiger partial charge in [-0.25, -0.2) is 0 Å². The van der Waals surface area contributed by atoms with Crippen molar-refractivity contribution < 1.29 is 9.53 Å². The van der Waals surface area contributed by atoms with Crippen molar-refractivity contribution in [1.29, 1.82) is 5.26 Å². The summed E-state index contributed by atoms with van der Waals surface area (Å²) in [6, 6.07) is 6.72. The van der Waals surface area contributed by atoms with Crippen LogP contribution in [0.4, 0.5) is 5.69 Å². The zero-order valence-corrected chi connectivity index (χ0v) is 10.3. The Bertz CT molecular complexity index is 441. The third-order valence-electron chi connectivity index (χ3n) is 2.05. The van der Waals surface area contributed by atoms with Crippen molar-refractivity contribution in [3.63, 3.8) is 0 Å². The summed E-state index contributed by atoms with van der Waals surface area (Å²) < 4.78 is 5.07. The lowest BCUT2D eigenvalue weighted by Crippen LogP contribution is -2.14. The molecule has 1 aromatic carbocycles. The van der Waals surface area contributed by atoms with Crippen LogP contribution in [0.5, 0.6) is 0 Å². The van der Waals surface area contributed by atoms with Gasteiger partial charge in [0, 0.05) is 12.3 Å². The Kier molecular flexibility index (Phi) is 5.47. The quantitative estimate of drug-likeness (QED) is 0.820. The minimum absolute atomic E-state index is 0.140. The summed E-state index contributed by atoms with van der Waals surface area (Å²) in [7, 11) is 0. The van der Waals surface area contributed by atoms with E-state index >= 15 is 0 Å². The molecule has 1 aromatic rings. The molecular formula is C12H13ClN2O2. The predicted molar refractivity (Wildman–Crippen MR) is 65.9 cm³/mol. The maximum absolute atomic E-state index is 11.5. The Labute approximate surface area is 105 Å². The highest BCUT2D eigenvalue weighted by atomic mass is 35.5. The molecule has 0 radical (unpaired) electrons. The van der Waals surface area contributed by atoms with E-state index in [0.717, 1.165) is 0 Å². The number of hydrogen-bond acceptors (Lipinski definition) is 3. The molecule has 0 aliphatic rings. The highest BCUT2D eigenvalue weighted by molar-refractivity contribution is 6.32. The minimum atomic E-state index is -0.140. The van der Waals surface area contributed by atoms with Gasteiger partial charge < -0.3 is 10.1 Å². The number of amides is 1. The highest BCUT2D eigenvalue weighted by Crippen LogP contribution is 2.20. The van der Waals surface area contributed by atoms with E-state index in [2.05, 4.69) is 5.32 Å². The van der Waals surface area contributed by atoms with Crippen LogP contribution in [0.25, 0.3) is 0 Å². The van der Waals surface area contributed by atoms with Gasteiger partial charge in [-0.15, -0.1) is 0 Å². The van der Waals surface area contributed by atoms with Gasteiger partial charge in [-0.05, 0) is 25.1 Å². The molecule has 0 saturated carbocycles. The van der Waals surface area contributed by atoms with Gasteiger partial charge in [0.2, 0.25) is 5.91 Å². The molecule has 1 rings (SSSR count). The van der Waals surface area contributed by atoms with Gasteiger partial charge in [0.05, 0.1) is 23.6 Å². The molecule has 90 valence electrons. The van der Waals surface area contributed by atoms with Crippen molar-refractivity contribution in [2.75, 3.05) is 18.5 Å². The Morgan fingerprint density at radius 3 is 2.94 bits per heavy atom. The van der Waals surface area contributed by atoms with Crippen molar-refractivity contribution in [3.05, 3.63) is 28.8 Å². The molecule has 1 amide bonds. The minimum Gasteiger partial charge on any atom is -0.381 e. The smallest absolute Gasteiger partial charge is 0.226 e. The maximum Gasteiger partial charge on any atom is 0.226 e. The molecule has 5 heteroatoms. The lowest BCUT2D eigenvalue weighted by molar-refractivity contribution is -0.117. The predicted octanol–water partition coefficient (Wildman–Crippen LogP) is 2.58. The number of carbonyl (C=O) groups excluding carboxylic acids is 1. The van der Waals surface area contributed by atoms with Crippen LogP contribution < -0.4 is 5.32 Å². The number of benzene rings is 1. The Morgan fingerprint density at radius 1 is 1.59 bits per heavy atom. The third kappa shape index (κ3) is 4.43. The Balaban J connectivity index is 2.55. The van der Waals surface area contributed by atoms with Gasteiger partial charge in [0.1, 0.15) is 6.07 Å². The molecule has 0 aromatic heterocycles. The molecule has 0 unspecified atom stereocenters. The lowest BCUT2D eigenvalue weighted by Gasteiger charge is -2.06. The zero-order chi connectivity index (χ0) is 12.7. The average Bonchev–Trinajstić information content (AvgIpc) is 2.29. The topological polar surface area (TPSA) is 62.1 Å². The second-order valence-corrected chi connectivity index (χ2v) is 3.71. The number of anilines is 1. The van der Waals surface area contributed by atoms with E-state index < -0.39 is 0 Å². The molecule has 0 bridgehead atoms. The molecular weight excluding hydrogens is 240 g/mol. The molecule has 0 aliphatic heterocycles. The molecule has 0 saturated heterocycles. The standard InChI is InChI=1S/C12H13ClN2O2/c1-2-17-6-5-12(16)15-10-4-3-9(8-14)11(13)7-10/h3-4,7H,2,5-6H2,1H3,(H,15,16). The maximum atomic E-state index is 11.5. The van der Waals surface area contributed by atoms with Gasteiger partial charge in [0.25, 0.3) is 0 Å². The van der Waals surface area contributed by atoms with Crippen molar-refractivity contribution in [2.45, 2.75) is 13.3 Å². The molecule has 1 N–H and O–H groups in total. The second kappa shape index (κ2) is 6.89. The second-order valence-electron chi connectivity index (χ2n) is 3.30. The van der Waals surface area contributed by atoms with Crippen LogP contribution in [0, 0.1) is 11.3 Å². The van der Waals surface area contributed by atoms with Crippen LogP contribution in [0.15, 0.2) is 18.2 Å². The first-order valence-corrected chi connectivity index (χ1v) is 5.62. The van der Waals surface area contributed by atoms with Crippen molar-refractivity contribution in [1.82, 2.24) is 0 Å². The van der Waals surface area contributed by atoms with E-state index in [1.54, 1.807) is 18.2 Å². The lowest BCUT2D eigenvalue weighted by atomic mass is 10.2. The molecule has 0 heterocycles. The van der Waals surface area contributed by atoms with Gasteiger partial charge in [-0.2, -0.15) is 5.26 Å². The summed E-state index contributed by atoms with van der Waals surface area (Å²) in [6.07, 6.45) is 0.297. The monoisotopic (exact) mass is 252 g/mol. The van der Waals surface area contributed by atoms with E-state index in [1.807, 2.05) is 13.0 Å². The van der Waals surface area contributed by atoms with Crippen LogP contribution in [0.3, 0.4) is 0 Å².